The Morgan fingerprint density at radius 3 is 2.78 bits per heavy atom. The molecule has 0 heterocycles. The van der Waals surface area contributed by atoms with Gasteiger partial charge in [0.1, 0.15) is 5.75 Å². The Bertz CT molecular complexity index is 399. The molecule has 0 aliphatic heterocycles. The van der Waals surface area contributed by atoms with Gasteiger partial charge < -0.3 is 15.8 Å². The fourth-order valence-corrected chi connectivity index (χ4v) is 2.14. The molecular weight excluding hydrogens is 224 g/mol. The lowest BCUT2D eigenvalue weighted by molar-refractivity contribution is 0.408. The van der Waals surface area contributed by atoms with Crippen LogP contribution in [-0.2, 0) is 12.8 Å². The number of aryl methyl sites for hydroxylation is 1. The monoisotopic (exact) mass is 248 g/mol. The van der Waals surface area contributed by atoms with Crippen LogP contribution >= 0.6 is 0 Å². The number of rotatable bonds is 7. The summed E-state index contributed by atoms with van der Waals surface area (Å²) in [5.41, 5.74) is 8.78. The van der Waals surface area contributed by atoms with E-state index in [-0.39, 0.29) is 5.54 Å². The molecule has 0 radical (unpaired) electrons. The smallest absolute Gasteiger partial charge is 0.122 e. The summed E-state index contributed by atoms with van der Waals surface area (Å²) in [7, 11) is 1.73. The van der Waals surface area contributed by atoms with Crippen LogP contribution in [-0.4, -0.2) is 25.7 Å². The first-order valence-electron chi connectivity index (χ1n) is 6.82. The molecule has 1 aromatic rings. The fraction of sp³-hybridized carbons (Fsp3) is 0.600. The molecular formula is C15H24N2O. The molecule has 0 bridgehead atoms. The minimum atomic E-state index is 0.0926. The van der Waals surface area contributed by atoms with Crippen LogP contribution < -0.4 is 15.8 Å². The first kappa shape index (κ1) is 13.4. The number of hydrogen-bond donors (Lipinski definition) is 2. The number of methoxy groups -OCH3 is 1. The normalized spacial score (nSPS) is 16.6. The van der Waals surface area contributed by atoms with Crippen LogP contribution in [0.3, 0.4) is 0 Å². The number of ether oxygens (including phenoxy) is 1. The summed E-state index contributed by atoms with van der Waals surface area (Å²) in [6, 6.07) is 6.45. The quantitative estimate of drug-likeness (QED) is 0.724. The number of hydrogen-bond acceptors (Lipinski definition) is 3. The third-order valence-electron chi connectivity index (χ3n) is 3.69. The predicted octanol–water partition coefficient (Wildman–Crippen LogP) is 1.88. The van der Waals surface area contributed by atoms with Gasteiger partial charge in [-0.25, -0.2) is 0 Å². The van der Waals surface area contributed by atoms with Gasteiger partial charge in [0, 0.05) is 12.1 Å². The molecule has 1 aliphatic rings. The van der Waals surface area contributed by atoms with Crippen molar-refractivity contribution < 1.29 is 4.74 Å². The highest BCUT2D eigenvalue weighted by atomic mass is 16.5. The van der Waals surface area contributed by atoms with E-state index in [4.69, 9.17) is 10.5 Å². The Labute approximate surface area is 110 Å². The minimum Gasteiger partial charge on any atom is -0.496 e. The van der Waals surface area contributed by atoms with E-state index >= 15 is 0 Å². The lowest BCUT2D eigenvalue weighted by Crippen LogP contribution is -2.36. The van der Waals surface area contributed by atoms with Gasteiger partial charge in [-0.05, 0) is 49.4 Å². The second-order valence-electron chi connectivity index (χ2n) is 5.29. The highest BCUT2D eigenvalue weighted by Crippen LogP contribution is 2.31. The third-order valence-corrected chi connectivity index (χ3v) is 3.69. The summed E-state index contributed by atoms with van der Waals surface area (Å²) in [6.45, 7) is 4.07. The van der Waals surface area contributed by atoms with Crippen LogP contribution in [0.4, 0.5) is 0 Å². The number of nitrogens with two attached hydrogens (primary N) is 1. The molecule has 0 spiro atoms. The molecule has 100 valence electrons. The summed E-state index contributed by atoms with van der Waals surface area (Å²) < 4.78 is 5.40. The van der Waals surface area contributed by atoms with Gasteiger partial charge in [-0.15, -0.1) is 0 Å². The summed E-state index contributed by atoms with van der Waals surface area (Å²) in [5, 5.41) is 3.44. The number of nitrogens with one attached hydrogen (secondary N) is 1. The highest BCUT2D eigenvalue weighted by Gasteiger charge is 2.37. The van der Waals surface area contributed by atoms with Crippen molar-refractivity contribution in [1.29, 1.82) is 0 Å². The van der Waals surface area contributed by atoms with Gasteiger partial charge in [0.05, 0.1) is 7.11 Å². The molecule has 0 amide bonds. The molecule has 1 saturated carbocycles. The summed E-state index contributed by atoms with van der Waals surface area (Å²) >= 11 is 0. The minimum absolute atomic E-state index is 0.0926. The molecule has 0 atom stereocenters. The van der Waals surface area contributed by atoms with Crippen LogP contribution in [0.2, 0.25) is 0 Å². The Morgan fingerprint density at radius 2 is 2.17 bits per heavy atom. The maximum absolute atomic E-state index is 6.04. The van der Waals surface area contributed by atoms with Gasteiger partial charge >= 0.3 is 0 Å². The molecule has 1 fully saturated rings. The Morgan fingerprint density at radius 1 is 1.39 bits per heavy atom. The summed E-state index contributed by atoms with van der Waals surface area (Å²) in [4.78, 5) is 0. The van der Waals surface area contributed by atoms with E-state index < -0.39 is 0 Å². The third kappa shape index (κ3) is 3.47. The van der Waals surface area contributed by atoms with Gasteiger partial charge in [0.15, 0.2) is 0 Å². The average Bonchev–Trinajstić information content (AvgIpc) is 3.12. The first-order valence-corrected chi connectivity index (χ1v) is 6.82. The SMILES string of the molecule is CCc1ccc(OC)c(CCNCC2(N)CC2)c1. The van der Waals surface area contributed by atoms with Gasteiger partial charge in [-0.1, -0.05) is 19.1 Å². The first-order chi connectivity index (χ1) is 8.67. The molecule has 0 unspecified atom stereocenters. The molecule has 3 nitrogen and oxygen atoms in total. The molecule has 0 saturated heterocycles. The van der Waals surface area contributed by atoms with Crippen LogP contribution in [0, 0.1) is 0 Å². The zero-order valence-corrected chi connectivity index (χ0v) is 11.5. The van der Waals surface area contributed by atoms with E-state index in [0.29, 0.717) is 0 Å². The van der Waals surface area contributed by atoms with Crippen molar-refractivity contribution >= 4 is 0 Å². The van der Waals surface area contributed by atoms with Gasteiger partial charge in [0.2, 0.25) is 0 Å². The Hall–Kier alpha value is -1.06. The van der Waals surface area contributed by atoms with Crippen LogP contribution in [0.25, 0.3) is 0 Å². The Kier molecular flexibility index (Phi) is 4.25. The Balaban J connectivity index is 1.86. The molecule has 0 aromatic heterocycles. The zero-order chi connectivity index (χ0) is 13.0. The lowest BCUT2D eigenvalue weighted by atomic mass is 10.1. The van der Waals surface area contributed by atoms with Gasteiger partial charge in [0.25, 0.3) is 0 Å². The van der Waals surface area contributed by atoms with Crippen molar-refractivity contribution in [3.8, 4) is 5.75 Å². The fourth-order valence-electron chi connectivity index (χ4n) is 2.14. The maximum atomic E-state index is 6.04. The van der Waals surface area contributed by atoms with Crippen LogP contribution in [0.15, 0.2) is 18.2 Å². The van der Waals surface area contributed by atoms with E-state index in [1.54, 1.807) is 7.11 Å². The van der Waals surface area contributed by atoms with Crippen molar-refractivity contribution in [2.75, 3.05) is 20.2 Å². The van der Waals surface area contributed by atoms with E-state index in [1.807, 2.05) is 0 Å². The van der Waals surface area contributed by atoms with E-state index in [2.05, 4.69) is 30.4 Å². The van der Waals surface area contributed by atoms with Gasteiger partial charge in [-0.2, -0.15) is 0 Å². The summed E-state index contributed by atoms with van der Waals surface area (Å²) in [5.74, 6) is 0.989. The molecule has 3 heteroatoms. The topological polar surface area (TPSA) is 47.3 Å². The van der Waals surface area contributed by atoms with Crippen molar-refractivity contribution in [3.63, 3.8) is 0 Å². The molecule has 2 rings (SSSR count). The second-order valence-corrected chi connectivity index (χ2v) is 5.29. The van der Waals surface area contributed by atoms with Crippen LogP contribution in [0.1, 0.15) is 30.9 Å². The summed E-state index contributed by atoms with van der Waals surface area (Å²) in [6.07, 6.45) is 4.38. The lowest BCUT2D eigenvalue weighted by Gasteiger charge is -2.13. The molecule has 1 aliphatic carbocycles. The predicted molar refractivity (Wildman–Crippen MR) is 75.1 cm³/mol. The van der Waals surface area contributed by atoms with Crippen molar-refractivity contribution in [3.05, 3.63) is 29.3 Å². The molecule has 1 aromatic carbocycles. The second kappa shape index (κ2) is 5.72. The molecule has 18 heavy (non-hydrogen) atoms. The average molecular weight is 248 g/mol. The van der Waals surface area contributed by atoms with Crippen molar-refractivity contribution in [1.82, 2.24) is 5.32 Å². The number of benzene rings is 1. The van der Waals surface area contributed by atoms with E-state index in [9.17, 15) is 0 Å². The van der Waals surface area contributed by atoms with Crippen molar-refractivity contribution in [2.45, 2.75) is 38.1 Å². The van der Waals surface area contributed by atoms with Crippen LogP contribution in [0.5, 0.6) is 5.75 Å². The van der Waals surface area contributed by atoms with Crippen molar-refractivity contribution in [2.24, 2.45) is 5.73 Å². The standard InChI is InChI=1S/C15H24N2O/c1-3-12-4-5-14(18-2)13(10-12)6-9-17-11-15(16)7-8-15/h4-5,10,17H,3,6-9,11,16H2,1-2H3. The maximum Gasteiger partial charge on any atom is 0.122 e. The highest BCUT2D eigenvalue weighted by molar-refractivity contribution is 5.37. The molecule has 3 N–H and O–H groups in total. The van der Waals surface area contributed by atoms with E-state index in [0.717, 1.165) is 44.5 Å². The largest absolute Gasteiger partial charge is 0.496 e. The van der Waals surface area contributed by atoms with Gasteiger partial charge in [-0.3, -0.25) is 0 Å². The van der Waals surface area contributed by atoms with E-state index in [1.165, 1.54) is 11.1 Å². The zero-order valence-electron chi connectivity index (χ0n) is 11.5.